The van der Waals surface area contributed by atoms with Crippen LogP contribution in [0.25, 0.3) is 0 Å². The molecule has 2 aromatic rings. The minimum absolute atomic E-state index is 0.0279. The molecule has 0 radical (unpaired) electrons. The zero-order valence-corrected chi connectivity index (χ0v) is 19.8. The number of thioether (sulfide) groups is 1. The number of piperidine rings is 1. The predicted octanol–water partition coefficient (Wildman–Crippen LogP) is 2.33. The van der Waals surface area contributed by atoms with E-state index in [1.54, 1.807) is 0 Å². The van der Waals surface area contributed by atoms with Crippen molar-refractivity contribution in [2.45, 2.75) is 49.4 Å². The van der Waals surface area contributed by atoms with Crippen LogP contribution in [0, 0.1) is 0 Å². The molecule has 0 spiro atoms. The van der Waals surface area contributed by atoms with Gasteiger partial charge in [-0.05, 0) is 37.8 Å². The Morgan fingerprint density at radius 2 is 2.03 bits per heavy atom. The van der Waals surface area contributed by atoms with E-state index < -0.39 is 10.0 Å². The highest BCUT2D eigenvalue weighted by molar-refractivity contribution is 7.99. The van der Waals surface area contributed by atoms with Crippen molar-refractivity contribution in [2.75, 3.05) is 37.0 Å². The van der Waals surface area contributed by atoms with E-state index in [4.69, 9.17) is 4.74 Å². The number of amides is 1. The van der Waals surface area contributed by atoms with Gasteiger partial charge in [-0.15, -0.1) is 10.2 Å². The maximum atomic E-state index is 12.4. The maximum Gasteiger partial charge on any atom is 0.234 e. The molecule has 2 aliphatic heterocycles. The van der Waals surface area contributed by atoms with Gasteiger partial charge in [0.2, 0.25) is 15.9 Å². The summed E-state index contributed by atoms with van der Waals surface area (Å²) in [6, 6.07) is 9.33. The molecular weight excluding hydrogens is 450 g/mol. The Hall–Kier alpha value is -1.95. The van der Waals surface area contributed by atoms with Crippen molar-refractivity contribution in [3.8, 4) is 0 Å². The molecule has 0 unspecified atom stereocenters. The van der Waals surface area contributed by atoms with Gasteiger partial charge in [-0.25, -0.2) is 12.7 Å². The number of ether oxygens (including phenoxy) is 1. The van der Waals surface area contributed by atoms with E-state index >= 15 is 0 Å². The number of rotatable bonds is 8. The van der Waals surface area contributed by atoms with Crippen molar-refractivity contribution in [2.24, 2.45) is 0 Å². The maximum absolute atomic E-state index is 12.4. The summed E-state index contributed by atoms with van der Waals surface area (Å²) < 4.78 is 33.5. The number of sulfonamides is 1. The topological polar surface area (TPSA) is 106 Å². The lowest BCUT2D eigenvalue weighted by Gasteiger charge is -2.30. The van der Waals surface area contributed by atoms with Crippen molar-refractivity contribution >= 4 is 33.4 Å². The number of carbonyl (C=O) groups excluding carboxylic acids is 1. The molecule has 4 rings (SSSR count). The molecule has 32 heavy (non-hydrogen) atoms. The van der Waals surface area contributed by atoms with Gasteiger partial charge in [0.25, 0.3) is 0 Å². The lowest BCUT2D eigenvalue weighted by atomic mass is 9.98. The van der Waals surface area contributed by atoms with Gasteiger partial charge in [0.05, 0.1) is 24.7 Å². The number of para-hydroxylation sites is 1. The van der Waals surface area contributed by atoms with Gasteiger partial charge in [-0.1, -0.05) is 30.0 Å². The van der Waals surface area contributed by atoms with E-state index in [2.05, 4.69) is 15.5 Å². The zero-order chi connectivity index (χ0) is 22.6. The lowest BCUT2D eigenvalue weighted by Crippen LogP contribution is -2.39. The van der Waals surface area contributed by atoms with Gasteiger partial charge in [0.1, 0.15) is 5.82 Å². The van der Waals surface area contributed by atoms with Crippen LogP contribution < -0.4 is 5.32 Å². The third kappa shape index (κ3) is 5.89. The van der Waals surface area contributed by atoms with Crippen LogP contribution in [0.2, 0.25) is 0 Å². The number of carbonyl (C=O) groups is 1. The highest BCUT2D eigenvalue weighted by Crippen LogP contribution is 2.30. The first kappa shape index (κ1) is 23.2. The number of hydrogen-bond acceptors (Lipinski definition) is 7. The molecule has 2 aliphatic rings. The number of hydrogen-bond donors (Lipinski definition) is 1. The van der Waals surface area contributed by atoms with Gasteiger partial charge < -0.3 is 14.6 Å². The molecule has 2 fully saturated rings. The number of aromatic nitrogens is 3. The summed E-state index contributed by atoms with van der Waals surface area (Å²) in [5, 5.41) is 12.4. The minimum atomic E-state index is -3.25. The highest BCUT2D eigenvalue weighted by Gasteiger charge is 2.32. The summed E-state index contributed by atoms with van der Waals surface area (Å²) in [6.07, 6.45) is 4.96. The smallest absolute Gasteiger partial charge is 0.234 e. The molecule has 0 saturated carbocycles. The molecule has 1 N–H and O–H groups in total. The largest absolute Gasteiger partial charge is 0.376 e. The first-order valence-corrected chi connectivity index (χ1v) is 13.7. The minimum Gasteiger partial charge on any atom is -0.376 e. The van der Waals surface area contributed by atoms with Gasteiger partial charge in [0, 0.05) is 31.3 Å². The van der Waals surface area contributed by atoms with Crippen molar-refractivity contribution in [3.63, 3.8) is 0 Å². The first-order chi connectivity index (χ1) is 15.4. The molecule has 3 heterocycles. The molecule has 1 amide bonds. The molecular formula is C21H29N5O4S2. The summed E-state index contributed by atoms with van der Waals surface area (Å²) in [5.41, 5.74) is 0.752. The number of nitrogens with one attached hydrogen (secondary N) is 1. The van der Waals surface area contributed by atoms with Gasteiger partial charge in [-0.2, -0.15) is 0 Å². The number of benzene rings is 1. The van der Waals surface area contributed by atoms with Crippen LogP contribution in [-0.2, 0) is 26.1 Å². The highest BCUT2D eigenvalue weighted by atomic mass is 32.2. The molecule has 9 nitrogen and oxygen atoms in total. The summed E-state index contributed by atoms with van der Waals surface area (Å²) in [6.45, 7) is 2.30. The molecule has 0 bridgehead atoms. The third-order valence-electron chi connectivity index (χ3n) is 5.76. The summed E-state index contributed by atoms with van der Waals surface area (Å²) >= 11 is 1.34. The Labute approximate surface area is 193 Å². The van der Waals surface area contributed by atoms with Crippen LogP contribution in [0.1, 0.15) is 37.4 Å². The zero-order valence-electron chi connectivity index (χ0n) is 18.1. The van der Waals surface area contributed by atoms with Crippen LogP contribution in [0.3, 0.4) is 0 Å². The second-order valence-corrected chi connectivity index (χ2v) is 11.2. The van der Waals surface area contributed by atoms with E-state index in [1.807, 2.05) is 34.9 Å². The van der Waals surface area contributed by atoms with E-state index in [9.17, 15) is 13.2 Å². The van der Waals surface area contributed by atoms with Crippen LogP contribution in [0.4, 0.5) is 5.69 Å². The van der Waals surface area contributed by atoms with E-state index in [1.165, 1.54) is 22.3 Å². The average molecular weight is 480 g/mol. The van der Waals surface area contributed by atoms with Crippen molar-refractivity contribution in [1.82, 2.24) is 19.1 Å². The normalized spacial score (nSPS) is 22.2. The fourth-order valence-electron chi connectivity index (χ4n) is 4.18. The summed E-state index contributed by atoms with van der Waals surface area (Å²) in [7, 11) is -3.25. The van der Waals surface area contributed by atoms with Crippen LogP contribution in [0.15, 0.2) is 35.5 Å². The molecule has 174 valence electrons. The SMILES string of the molecule is CS(=O)(=O)N1CCC[C@@H](c2nnc(SCC(=O)Nc3ccccc3)n2C[C@@H]2CCCO2)C1. The van der Waals surface area contributed by atoms with E-state index in [0.29, 0.717) is 24.8 Å². The Morgan fingerprint density at radius 3 is 2.75 bits per heavy atom. The Bertz CT molecular complexity index is 1020. The van der Waals surface area contributed by atoms with Crippen LogP contribution in [-0.4, -0.2) is 71.2 Å². The molecule has 2 atom stereocenters. The fourth-order valence-corrected chi connectivity index (χ4v) is 5.84. The van der Waals surface area contributed by atoms with Crippen LogP contribution in [0.5, 0.6) is 0 Å². The third-order valence-corrected chi connectivity index (χ3v) is 8.00. The summed E-state index contributed by atoms with van der Waals surface area (Å²) in [5.74, 6) is 0.841. The molecule has 0 aliphatic carbocycles. The quantitative estimate of drug-likeness (QED) is 0.579. The van der Waals surface area contributed by atoms with Crippen molar-refractivity contribution < 1.29 is 17.9 Å². The second-order valence-electron chi connectivity index (χ2n) is 8.25. The number of anilines is 1. The van der Waals surface area contributed by atoms with E-state index in [0.717, 1.165) is 43.8 Å². The standard InChI is InChI=1S/C21H29N5O4S2/c1-32(28,29)25-11-5-7-16(13-25)20-23-24-21(26(20)14-18-10-6-12-30-18)31-15-19(27)22-17-8-3-2-4-9-17/h2-4,8-9,16,18H,5-7,10-15H2,1H3,(H,22,27)/t16-,18+/m1/s1. The monoisotopic (exact) mass is 479 g/mol. The van der Waals surface area contributed by atoms with Gasteiger partial charge >= 0.3 is 0 Å². The molecule has 1 aromatic carbocycles. The Kier molecular flexibility index (Phi) is 7.49. The van der Waals surface area contributed by atoms with E-state index in [-0.39, 0.29) is 23.7 Å². The Morgan fingerprint density at radius 1 is 1.22 bits per heavy atom. The van der Waals surface area contributed by atoms with Crippen molar-refractivity contribution in [3.05, 3.63) is 36.2 Å². The summed E-state index contributed by atoms with van der Waals surface area (Å²) in [4.78, 5) is 12.4. The van der Waals surface area contributed by atoms with Crippen molar-refractivity contribution in [1.29, 1.82) is 0 Å². The van der Waals surface area contributed by atoms with Gasteiger partial charge in [-0.3, -0.25) is 4.79 Å². The molecule has 2 saturated heterocycles. The number of nitrogens with zero attached hydrogens (tertiary/aromatic N) is 4. The average Bonchev–Trinajstić information content (AvgIpc) is 3.43. The second kappa shape index (κ2) is 10.3. The first-order valence-electron chi connectivity index (χ1n) is 10.9. The van der Waals surface area contributed by atoms with Crippen LogP contribution >= 0.6 is 11.8 Å². The lowest BCUT2D eigenvalue weighted by molar-refractivity contribution is -0.113. The Balaban J connectivity index is 1.49. The van der Waals surface area contributed by atoms with Gasteiger partial charge in [0.15, 0.2) is 5.16 Å². The fraction of sp³-hybridized carbons (Fsp3) is 0.571. The molecule has 1 aromatic heterocycles. The predicted molar refractivity (Wildman–Crippen MR) is 123 cm³/mol. The molecule has 11 heteroatoms.